The first-order valence-electron chi connectivity index (χ1n) is 7.22. The zero-order chi connectivity index (χ0) is 12.4. The van der Waals surface area contributed by atoms with E-state index in [1.165, 1.54) is 30.4 Å². The summed E-state index contributed by atoms with van der Waals surface area (Å²) in [5.74, 6) is 0.702. The number of benzene rings is 1. The quantitative estimate of drug-likeness (QED) is 0.809. The maximum Gasteiger partial charge on any atom is 0.166 e. The number of ketones is 1. The number of carbonyl (C=O) groups excluding carboxylic acids is 1. The molecule has 0 bridgehead atoms. The Morgan fingerprint density at radius 1 is 1.17 bits per heavy atom. The van der Waals surface area contributed by atoms with Crippen LogP contribution >= 0.6 is 0 Å². The van der Waals surface area contributed by atoms with Crippen molar-refractivity contribution in [3.63, 3.8) is 0 Å². The predicted molar refractivity (Wildman–Crippen MR) is 72.8 cm³/mol. The summed E-state index contributed by atoms with van der Waals surface area (Å²) in [6, 6.07) is 6.24. The molecule has 0 amide bonds. The standard InChI is InChI=1S/C16H21NO/c18-16(12-5-2-1-3-6-12)15-8-4-7-13-11-17-10-9-14(13)15/h4,7-8,12,17H,1-3,5-6,9-11H2. The monoisotopic (exact) mass is 243 g/mol. The van der Waals surface area contributed by atoms with Gasteiger partial charge in [0, 0.05) is 18.0 Å². The van der Waals surface area contributed by atoms with Gasteiger partial charge in [-0.05, 0) is 36.9 Å². The molecule has 1 heterocycles. The van der Waals surface area contributed by atoms with Crippen molar-refractivity contribution in [2.24, 2.45) is 5.92 Å². The summed E-state index contributed by atoms with van der Waals surface area (Å²) in [4.78, 5) is 12.7. The number of Topliss-reactive ketones (excluding diaryl/α,β-unsaturated/α-hetero) is 1. The lowest BCUT2D eigenvalue weighted by atomic mass is 9.81. The fourth-order valence-corrected chi connectivity index (χ4v) is 3.35. The first kappa shape index (κ1) is 11.9. The van der Waals surface area contributed by atoms with E-state index in [-0.39, 0.29) is 0 Å². The minimum absolute atomic E-state index is 0.292. The number of carbonyl (C=O) groups is 1. The van der Waals surface area contributed by atoms with Crippen molar-refractivity contribution in [3.8, 4) is 0 Å². The van der Waals surface area contributed by atoms with E-state index in [2.05, 4.69) is 11.4 Å². The van der Waals surface area contributed by atoms with E-state index in [0.717, 1.165) is 37.9 Å². The largest absolute Gasteiger partial charge is 0.312 e. The Hall–Kier alpha value is -1.15. The molecule has 2 aliphatic rings. The van der Waals surface area contributed by atoms with E-state index >= 15 is 0 Å². The second kappa shape index (κ2) is 5.23. The highest BCUT2D eigenvalue weighted by Gasteiger charge is 2.25. The van der Waals surface area contributed by atoms with Crippen LogP contribution in [0, 0.1) is 5.92 Å². The van der Waals surface area contributed by atoms with Crippen molar-refractivity contribution >= 4 is 5.78 Å². The Morgan fingerprint density at radius 3 is 2.83 bits per heavy atom. The van der Waals surface area contributed by atoms with Crippen molar-refractivity contribution in [3.05, 3.63) is 34.9 Å². The summed E-state index contributed by atoms with van der Waals surface area (Å²) in [5.41, 5.74) is 3.65. The van der Waals surface area contributed by atoms with Crippen LogP contribution in [0.3, 0.4) is 0 Å². The predicted octanol–water partition coefficient (Wildman–Crippen LogP) is 3.10. The Bertz CT molecular complexity index is 446. The third-order valence-corrected chi connectivity index (χ3v) is 4.38. The molecule has 2 nitrogen and oxygen atoms in total. The summed E-state index contributed by atoms with van der Waals surface area (Å²) in [6.07, 6.45) is 6.96. The molecule has 0 saturated heterocycles. The molecule has 96 valence electrons. The topological polar surface area (TPSA) is 29.1 Å². The molecular weight excluding hydrogens is 222 g/mol. The summed E-state index contributed by atoms with van der Waals surface area (Å²) in [6.45, 7) is 1.92. The molecule has 1 saturated carbocycles. The lowest BCUT2D eigenvalue weighted by Gasteiger charge is -2.24. The van der Waals surface area contributed by atoms with Crippen LogP contribution in [0.5, 0.6) is 0 Å². The molecule has 18 heavy (non-hydrogen) atoms. The van der Waals surface area contributed by atoms with Gasteiger partial charge in [0.2, 0.25) is 0 Å². The van der Waals surface area contributed by atoms with Crippen molar-refractivity contribution in [1.29, 1.82) is 0 Å². The normalized spacial score (nSPS) is 20.4. The third kappa shape index (κ3) is 2.22. The van der Waals surface area contributed by atoms with E-state index in [4.69, 9.17) is 0 Å². The third-order valence-electron chi connectivity index (χ3n) is 4.38. The molecule has 1 N–H and O–H groups in total. The minimum atomic E-state index is 0.292. The van der Waals surface area contributed by atoms with Gasteiger partial charge in [0.25, 0.3) is 0 Å². The number of hydrogen-bond acceptors (Lipinski definition) is 2. The summed E-state index contributed by atoms with van der Waals surface area (Å²) in [5, 5.41) is 3.38. The molecule has 0 aromatic heterocycles. The second-order valence-corrected chi connectivity index (χ2v) is 5.57. The van der Waals surface area contributed by atoms with Crippen molar-refractivity contribution in [1.82, 2.24) is 5.32 Å². The van der Waals surface area contributed by atoms with Gasteiger partial charge < -0.3 is 5.32 Å². The van der Waals surface area contributed by atoms with Gasteiger partial charge in [-0.3, -0.25) is 4.79 Å². The first-order valence-corrected chi connectivity index (χ1v) is 7.22. The van der Waals surface area contributed by atoms with Crippen LogP contribution in [-0.4, -0.2) is 12.3 Å². The highest BCUT2D eigenvalue weighted by Crippen LogP contribution is 2.29. The average Bonchev–Trinajstić information content (AvgIpc) is 2.47. The fourth-order valence-electron chi connectivity index (χ4n) is 3.35. The second-order valence-electron chi connectivity index (χ2n) is 5.57. The summed E-state index contributed by atoms with van der Waals surface area (Å²) >= 11 is 0. The molecule has 3 rings (SSSR count). The zero-order valence-corrected chi connectivity index (χ0v) is 10.9. The molecule has 1 aliphatic carbocycles. The molecule has 1 aromatic rings. The number of fused-ring (bicyclic) bond motifs is 1. The van der Waals surface area contributed by atoms with Gasteiger partial charge in [-0.15, -0.1) is 0 Å². The SMILES string of the molecule is O=C(c1cccc2c1CCNC2)C1CCCCC1. The molecule has 0 radical (unpaired) electrons. The van der Waals surface area contributed by atoms with E-state index in [9.17, 15) is 4.79 Å². The molecule has 0 spiro atoms. The van der Waals surface area contributed by atoms with Crippen molar-refractivity contribution in [2.45, 2.75) is 45.1 Å². The van der Waals surface area contributed by atoms with Crippen LogP contribution in [0.1, 0.15) is 53.6 Å². The number of hydrogen-bond donors (Lipinski definition) is 1. The van der Waals surface area contributed by atoms with E-state index in [1.54, 1.807) is 0 Å². The Labute approximate surface area is 109 Å². The molecule has 1 aromatic carbocycles. The van der Waals surface area contributed by atoms with Crippen LogP contribution in [0.15, 0.2) is 18.2 Å². The number of nitrogens with one attached hydrogen (secondary N) is 1. The van der Waals surface area contributed by atoms with Gasteiger partial charge in [0.15, 0.2) is 5.78 Å². The maximum absolute atomic E-state index is 12.7. The molecule has 0 unspecified atom stereocenters. The van der Waals surface area contributed by atoms with E-state index in [0.29, 0.717) is 11.7 Å². The maximum atomic E-state index is 12.7. The number of rotatable bonds is 2. The van der Waals surface area contributed by atoms with Gasteiger partial charge in [0.1, 0.15) is 0 Å². The zero-order valence-electron chi connectivity index (χ0n) is 10.9. The molecule has 1 fully saturated rings. The van der Waals surface area contributed by atoms with Crippen LogP contribution < -0.4 is 5.32 Å². The van der Waals surface area contributed by atoms with Crippen LogP contribution in [-0.2, 0) is 13.0 Å². The Balaban J connectivity index is 1.89. The summed E-state index contributed by atoms with van der Waals surface area (Å²) in [7, 11) is 0. The van der Waals surface area contributed by atoms with Gasteiger partial charge >= 0.3 is 0 Å². The molecule has 0 atom stereocenters. The Morgan fingerprint density at radius 2 is 2.00 bits per heavy atom. The lowest BCUT2D eigenvalue weighted by molar-refractivity contribution is 0.0888. The van der Waals surface area contributed by atoms with Crippen LogP contribution in [0.4, 0.5) is 0 Å². The fraction of sp³-hybridized carbons (Fsp3) is 0.562. The van der Waals surface area contributed by atoms with Gasteiger partial charge in [-0.1, -0.05) is 37.5 Å². The molecule has 1 aliphatic heterocycles. The molecule has 2 heteroatoms. The van der Waals surface area contributed by atoms with Gasteiger partial charge in [-0.2, -0.15) is 0 Å². The van der Waals surface area contributed by atoms with Crippen LogP contribution in [0.2, 0.25) is 0 Å². The molecular formula is C16H21NO. The Kier molecular flexibility index (Phi) is 3.46. The first-order chi connectivity index (χ1) is 8.86. The summed E-state index contributed by atoms with van der Waals surface area (Å²) < 4.78 is 0. The van der Waals surface area contributed by atoms with Crippen molar-refractivity contribution < 1.29 is 4.79 Å². The smallest absolute Gasteiger partial charge is 0.166 e. The average molecular weight is 243 g/mol. The lowest BCUT2D eigenvalue weighted by Crippen LogP contribution is -2.27. The van der Waals surface area contributed by atoms with Crippen molar-refractivity contribution in [2.75, 3.05) is 6.54 Å². The van der Waals surface area contributed by atoms with E-state index < -0.39 is 0 Å². The highest BCUT2D eigenvalue weighted by molar-refractivity contribution is 5.99. The van der Waals surface area contributed by atoms with Gasteiger partial charge in [0.05, 0.1) is 0 Å². The van der Waals surface area contributed by atoms with Crippen LogP contribution in [0.25, 0.3) is 0 Å². The minimum Gasteiger partial charge on any atom is -0.312 e. The van der Waals surface area contributed by atoms with Gasteiger partial charge in [-0.25, -0.2) is 0 Å². The highest BCUT2D eigenvalue weighted by atomic mass is 16.1. The van der Waals surface area contributed by atoms with E-state index in [1.807, 2.05) is 12.1 Å².